The maximum absolute atomic E-state index is 13.6. The monoisotopic (exact) mass is 1120 g/mol. The van der Waals surface area contributed by atoms with Crippen LogP contribution in [0.3, 0.4) is 0 Å². The molecule has 0 heterocycles. The molecule has 0 aromatic heterocycles. The Bertz CT molecular complexity index is 2070. The van der Waals surface area contributed by atoms with Crippen LogP contribution in [0.25, 0.3) is 0 Å². The highest BCUT2D eigenvalue weighted by Crippen LogP contribution is 2.35. The van der Waals surface area contributed by atoms with Gasteiger partial charge in [-0.05, 0) is 135 Å². The lowest BCUT2D eigenvalue weighted by molar-refractivity contribution is 0.0725. The van der Waals surface area contributed by atoms with Gasteiger partial charge >= 0.3 is 11.9 Å². The normalized spacial score (nSPS) is 11.7. The van der Waals surface area contributed by atoms with Gasteiger partial charge in [-0.2, -0.15) is 0 Å². The predicted molar refractivity (Wildman–Crippen MR) is 340 cm³/mol. The molecule has 4 rings (SSSR count). The molecule has 0 aliphatic heterocycles. The van der Waals surface area contributed by atoms with Crippen molar-refractivity contribution in [2.75, 3.05) is 13.2 Å². The van der Waals surface area contributed by atoms with Gasteiger partial charge in [-0.1, -0.05) is 232 Å². The van der Waals surface area contributed by atoms with Crippen molar-refractivity contribution in [2.24, 2.45) is 0 Å². The molecule has 440 valence electrons. The zero-order valence-corrected chi connectivity index (χ0v) is 53.4. The molecule has 0 saturated carbocycles. The van der Waals surface area contributed by atoms with Gasteiger partial charge in [0, 0.05) is 16.1 Å². The third-order valence-electron chi connectivity index (χ3n) is 15.2. The number of benzene rings is 4. The van der Waals surface area contributed by atoms with E-state index in [2.05, 4.69) is 53.1 Å². The van der Waals surface area contributed by atoms with Crippen LogP contribution in [-0.4, -0.2) is 41.3 Å². The largest absolute Gasteiger partial charge is 0.494 e. The van der Waals surface area contributed by atoms with Crippen LogP contribution >= 0.6 is 0 Å². The topological polar surface area (TPSA) is 80.3 Å². The van der Waals surface area contributed by atoms with E-state index in [9.17, 15) is 9.59 Å². The third kappa shape index (κ3) is 31.5. The maximum atomic E-state index is 13.6. The molecule has 0 saturated heterocycles. The first-order valence-electron chi connectivity index (χ1n) is 32.1. The molecule has 0 spiro atoms. The van der Waals surface area contributed by atoms with Gasteiger partial charge < -0.3 is 23.7 Å². The molecule has 7 nitrogen and oxygen atoms in total. The predicted octanol–water partition coefficient (Wildman–Crippen LogP) is 22.2. The van der Waals surface area contributed by atoms with Gasteiger partial charge in [-0.25, -0.2) is 9.59 Å². The fraction of sp³-hybridized carbons (Fsp3) is 0.629. The summed E-state index contributed by atoms with van der Waals surface area (Å²) in [5, 5.41) is 0. The fourth-order valence-corrected chi connectivity index (χ4v) is 12.8. The minimum Gasteiger partial charge on any atom is -0.494 e. The molecule has 0 radical (unpaired) electrons. The Morgan fingerprint density at radius 3 is 0.962 bits per heavy atom. The van der Waals surface area contributed by atoms with Gasteiger partial charge in [0.25, 0.3) is 0 Å². The summed E-state index contributed by atoms with van der Waals surface area (Å²) in [7, 11) is -1.89. The van der Waals surface area contributed by atoms with E-state index in [4.69, 9.17) is 23.7 Å². The van der Waals surface area contributed by atoms with Gasteiger partial charge in [0.15, 0.2) is 0 Å². The second-order valence-electron chi connectivity index (χ2n) is 25.2. The van der Waals surface area contributed by atoms with E-state index in [0.29, 0.717) is 35.8 Å². The highest BCUT2D eigenvalue weighted by atomic mass is 28.3. The second kappa shape index (κ2) is 39.9. The average Bonchev–Trinajstić information content (AvgIpc) is 3.42. The number of hydrogen-bond acceptors (Lipinski definition) is 7. The average molecular weight is 1120 g/mol. The lowest BCUT2D eigenvalue weighted by atomic mass is 10.0. The van der Waals surface area contributed by atoms with E-state index >= 15 is 0 Å². The second-order valence-corrected chi connectivity index (χ2v) is 36.4. The molecule has 0 amide bonds. The van der Waals surface area contributed by atoms with E-state index in [1.807, 2.05) is 60.7 Å². The van der Waals surface area contributed by atoms with Crippen molar-refractivity contribution in [3.63, 3.8) is 0 Å². The summed E-state index contributed by atoms with van der Waals surface area (Å²) in [6, 6.07) is 29.0. The Morgan fingerprint density at radius 2 is 0.633 bits per heavy atom. The number of aryl methyl sites for hydroxylation is 2. The fourth-order valence-electron chi connectivity index (χ4n) is 10.2. The van der Waals surface area contributed by atoms with E-state index in [0.717, 1.165) is 85.5 Å². The van der Waals surface area contributed by atoms with Gasteiger partial charge in [0.2, 0.25) is 0 Å². The number of rotatable bonds is 46. The summed E-state index contributed by atoms with van der Waals surface area (Å²) >= 11 is 0. The summed E-state index contributed by atoms with van der Waals surface area (Å²) in [6.07, 6.45) is 38.8. The molecule has 9 heteroatoms. The summed E-state index contributed by atoms with van der Waals surface area (Å²) in [6.45, 7) is 20.7. The zero-order valence-electron chi connectivity index (χ0n) is 51.4. The van der Waals surface area contributed by atoms with E-state index in [-0.39, 0.29) is 0 Å². The minimum atomic E-state index is -0.945. The summed E-state index contributed by atoms with van der Waals surface area (Å²) in [4.78, 5) is 27.1. The van der Waals surface area contributed by atoms with Crippen molar-refractivity contribution in [1.29, 1.82) is 0 Å². The van der Waals surface area contributed by atoms with Crippen LogP contribution in [0.2, 0.25) is 51.4 Å². The van der Waals surface area contributed by atoms with Crippen molar-refractivity contribution >= 4 is 28.1 Å². The molecule has 0 atom stereocenters. The lowest BCUT2D eigenvalue weighted by Gasteiger charge is -2.17. The van der Waals surface area contributed by atoms with E-state index in [1.165, 1.54) is 166 Å². The first kappa shape index (κ1) is 67.2. The van der Waals surface area contributed by atoms with Crippen LogP contribution in [0.1, 0.15) is 238 Å². The van der Waals surface area contributed by atoms with Crippen LogP contribution in [0.4, 0.5) is 0 Å². The molecular weight excluding hydrogens is 1010 g/mol. The SMILES string of the molecule is CCCCCCCCOc1ccc(C(=O)Oc2ccc(Oc3ccc(OC(=O)c4ccc(OCCCCCCCC)cc4)cc3CCCCCCCCCCC[Si](C)(C)C)c(CCCCCCCCCCC[Si](C)(C)C)c2)cc1. The first-order chi connectivity index (χ1) is 38.2. The third-order valence-corrected chi connectivity index (χ3v) is 18.9. The van der Waals surface area contributed by atoms with Crippen LogP contribution < -0.4 is 23.7 Å². The molecule has 0 fully saturated rings. The Kier molecular flexibility index (Phi) is 34.0. The Morgan fingerprint density at radius 1 is 0.342 bits per heavy atom. The van der Waals surface area contributed by atoms with Crippen molar-refractivity contribution in [3.05, 3.63) is 107 Å². The number of esters is 2. The Balaban J connectivity index is 1.45. The van der Waals surface area contributed by atoms with Crippen molar-refractivity contribution in [3.8, 4) is 34.5 Å². The molecule has 0 bridgehead atoms. The van der Waals surface area contributed by atoms with Crippen LogP contribution in [0.5, 0.6) is 34.5 Å². The number of unbranched alkanes of at least 4 members (excludes halogenated alkanes) is 26. The summed E-state index contributed by atoms with van der Waals surface area (Å²) in [5.74, 6) is 3.22. The maximum Gasteiger partial charge on any atom is 0.343 e. The molecule has 0 aliphatic carbocycles. The Hall–Kier alpha value is -4.35. The molecule has 4 aromatic carbocycles. The lowest BCUT2D eigenvalue weighted by Crippen LogP contribution is -2.18. The number of ether oxygens (including phenoxy) is 5. The van der Waals surface area contributed by atoms with Crippen LogP contribution in [-0.2, 0) is 12.8 Å². The quantitative estimate of drug-likeness (QED) is 0.0189. The molecule has 0 N–H and O–H groups in total. The smallest absolute Gasteiger partial charge is 0.343 e. The highest BCUT2D eigenvalue weighted by molar-refractivity contribution is 6.76. The highest BCUT2D eigenvalue weighted by Gasteiger charge is 2.18. The molecule has 0 unspecified atom stereocenters. The van der Waals surface area contributed by atoms with Gasteiger partial charge in [0.05, 0.1) is 24.3 Å². The standard InChI is InChI=1S/C70H110O7Si2/c1-9-11-13-15-29-35-53-73-63-45-41-59(42-46-63)69(71)75-65-49-51-67(61(57-65)39-33-27-23-19-17-21-25-31-37-55-78(3,4)5)77-68-52-50-66(58-62(68)40-34-28-24-20-18-22-26-32-38-56-79(6,7)8)76-70(72)60-43-47-64(48-44-60)74-54-36-30-16-14-12-10-2/h41-52,57-58H,9-40,53-56H2,1-8H3. The van der Waals surface area contributed by atoms with Crippen molar-refractivity contribution in [2.45, 2.75) is 271 Å². The number of carbonyl (C=O) groups excluding carboxylic acids is 2. The molecule has 79 heavy (non-hydrogen) atoms. The molecule has 0 aliphatic rings. The van der Waals surface area contributed by atoms with Gasteiger partial charge in [-0.3, -0.25) is 0 Å². The number of hydrogen-bond donors (Lipinski definition) is 0. The molecule has 4 aromatic rings. The van der Waals surface area contributed by atoms with Crippen LogP contribution in [0.15, 0.2) is 84.9 Å². The minimum absolute atomic E-state index is 0.403. The number of carbonyl (C=O) groups is 2. The summed E-state index contributed by atoms with van der Waals surface area (Å²) in [5.41, 5.74) is 2.97. The first-order valence-corrected chi connectivity index (χ1v) is 39.5. The van der Waals surface area contributed by atoms with Crippen molar-refractivity contribution in [1.82, 2.24) is 0 Å². The zero-order chi connectivity index (χ0) is 56.8. The Labute approximate surface area is 484 Å². The summed E-state index contributed by atoms with van der Waals surface area (Å²) < 4.78 is 31.0. The van der Waals surface area contributed by atoms with Crippen molar-refractivity contribution < 1.29 is 33.3 Å². The van der Waals surface area contributed by atoms with Crippen LogP contribution in [0, 0.1) is 0 Å². The molecular formula is C70H110O7Si2. The van der Waals surface area contributed by atoms with Gasteiger partial charge in [-0.15, -0.1) is 0 Å². The van der Waals surface area contributed by atoms with E-state index < -0.39 is 28.1 Å². The van der Waals surface area contributed by atoms with E-state index in [1.54, 1.807) is 24.3 Å². The van der Waals surface area contributed by atoms with Gasteiger partial charge in [0.1, 0.15) is 34.5 Å².